The van der Waals surface area contributed by atoms with Crippen LogP contribution in [-0.4, -0.2) is 12.9 Å². The van der Waals surface area contributed by atoms with Gasteiger partial charge < -0.3 is 4.74 Å². The van der Waals surface area contributed by atoms with Crippen LogP contribution in [0.2, 0.25) is 0 Å². The average molecular weight is 192 g/mol. The molecule has 0 spiro atoms. The Morgan fingerprint density at radius 2 is 2.00 bits per heavy atom. The molecule has 1 rings (SSSR count). The zero-order valence-electron chi connectivity index (χ0n) is 9.13. The third-order valence-corrected chi connectivity index (χ3v) is 2.14. The molecule has 0 saturated heterocycles. The number of rotatable bonds is 3. The van der Waals surface area contributed by atoms with Crippen LogP contribution in [0.3, 0.4) is 0 Å². The molecule has 0 bridgehead atoms. The van der Waals surface area contributed by atoms with E-state index in [-0.39, 0.29) is 11.7 Å². The topological polar surface area (TPSA) is 26.3 Å². The monoisotopic (exact) mass is 192 g/mol. The van der Waals surface area contributed by atoms with Gasteiger partial charge in [-0.25, -0.2) is 0 Å². The van der Waals surface area contributed by atoms with Gasteiger partial charge in [0.25, 0.3) is 0 Å². The standard InChI is InChI=1S/C12H16O2/c1-8(2)12(13)10-7-9(3)5-6-11(10)14-4/h5-8H,1-4H3. The van der Waals surface area contributed by atoms with E-state index < -0.39 is 0 Å². The summed E-state index contributed by atoms with van der Waals surface area (Å²) >= 11 is 0. The van der Waals surface area contributed by atoms with Crippen LogP contribution in [-0.2, 0) is 0 Å². The lowest BCUT2D eigenvalue weighted by Crippen LogP contribution is -2.09. The van der Waals surface area contributed by atoms with E-state index in [9.17, 15) is 4.79 Å². The molecule has 0 fully saturated rings. The van der Waals surface area contributed by atoms with Crippen molar-refractivity contribution in [3.8, 4) is 5.75 Å². The van der Waals surface area contributed by atoms with E-state index in [0.29, 0.717) is 11.3 Å². The van der Waals surface area contributed by atoms with Crippen molar-refractivity contribution < 1.29 is 9.53 Å². The highest BCUT2D eigenvalue weighted by atomic mass is 16.5. The molecule has 1 aromatic rings. The fraction of sp³-hybridized carbons (Fsp3) is 0.417. The van der Waals surface area contributed by atoms with E-state index in [4.69, 9.17) is 4.74 Å². The first-order chi connectivity index (χ1) is 6.56. The van der Waals surface area contributed by atoms with Crippen LogP contribution in [0.15, 0.2) is 18.2 Å². The Kier molecular flexibility index (Phi) is 3.28. The van der Waals surface area contributed by atoms with Crippen molar-refractivity contribution in [2.75, 3.05) is 7.11 Å². The summed E-state index contributed by atoms with van der Waals surface area (Å²) in [5.74, 6) is 0.797. The molecule has 0 radical (unpaired) electrons. The molecule has 1 aromatic carbocycles. The molecule has 14 heavy (non-hydrogen) atoms. The number of Topliss-reactive ketones (excluding diaryl/α,β-unsaturated/α-hetero) is 1. The van der Waals surface area contributed by atoms with E-state index in [1.807, 2.05) is 39.0 Å². The van der Waals surface area contributed by atoms with Gasteiger partial charge in [0.2, 0.25) is 0 Å². The van der Waals surface area contributed by atoms with Crippen molar-refractivity contribution in [3.05, 3.63) is 29.3 Å². The minimum Gasteiger partial charge on any atom is -0.496 e. The van der Waals surface area contributed by atoms with Crippen LogP contribution >= 0.6 is 0 Å². The average Bonchev–Trinajstić information content (AvgIpc) is 2.16. The van der Waals surface area contributed by atoms with E-state index in [0.717, 1.165) is 5.56 Å². The van der Waals surface area contributed by atoms with Crippen molar-refractivity contribution >= 4 is 5.78 Å². The Bertz CT molecular complexity index is 340. The quantitative estimate of drug-likeness (QED) is 0.688. The molecule has 76 valence electrons. The van der Waals surface area contributed by atoms with Crippen molar-refractivity contribution in [2.45, 2.75) is 20.8 Å². The maximum Gasteiger partial charge on any atom is 0.169 e. The second kappa shape index (κ2) is 4.27. The molecule has 0 aliphatic rings. The number of aryl methyl sites for hydroxylation is 1. The number of methoxy groups -OCH3 is 1. The van der Waals surface area contributed by atoms with Crippen LogP contribution in [0.25, 0.3) is 0 Å². The summed E-state index contributed by atoms with van der Waals surface area (Å²) in [6.07, 6.45) is 0. The Balaban J connectivity index is 3.17. The summed E-state index contributed by atoms with van der Waals surface area (Å²) in [5.41, 5.74) is 1.76. The van der Waals surface area contributed by atoms with Crippen LogP contribution in [0.1, 0.15) is 29.8 Å². The fourth-order valence-corrected chi connectivity index (χ4v) is 1.33. The number of hydrogen-bond donors (Lipinski definition) is 0. The van der Waals surface area contributed by atoms with Crippen molar-refractivity contribution in [3.63, 3.8) is 0 Å². The van der Waals surface area contributed by atoms with E-state index in [1.54, 1.807) is 7.11 Å². The van der Waals surface area contributed by atoms with Crippen molar-refractivity contribution in [1.82, 2.24) is 0 Å². The van der Waals surface area contributed by atoms with Gasteiger partial charge in [-0.05, 0) is 19.1 Å². The van der Waals surface area contributed by atoms with Crippen LogP contribution in [0.4, 0.5) is 0 Å². The first-order valence-electron chi connectivity index (χ1n) is 4.75. The lowest BCUT2D eigenvalue weighted by molar-refractivity contribution is 0.0936. The molecule has 0 heterocycles. The van der Waals surface area contributed by atoms with Gasteiger partial charge >= 0.3 is 0 Å². The Hall–Kier alpha value is -1.31. The predicted molar refractivity (Wildman–Crippen MR) is 56.9 cm³/mol. The number of hydrogen-bond acceptors (Lipinski definition) is 2. The first-order valence-corrected chi connectivity index (χ1v) is 4.75. The van der Waals surface area contributed by atoms with Crippen LogP contribution < -0.4 is 4.74 Å². The number of ketones is 1. The van der Waals surface area contributed by atoms with Crippen molar-refractivity contribution in [2.24, 2.45) is 5.92 Å². The SMILES string of the molecule is COc1ccc(C)cc1C(=O)C(C)C. The third-order valence-electron chi connectivity index (χ3n) is 2.14. The molecule has 0 N–H and O–H groups in total. The molecule has 0 amide bonds. The summed E-state index contributed by atoms with van der Waals surface area (Å²) < 4.78 is 5.15. The van der Waals surface area contributed by atoms with Crippen LogP contribution in [0, 0.1) is 12.8 Å². The number of benzene rings is 1. The molecule has 0 saturated carbocycles. The minimum atomic E-state index is 0.00528. The number of ether oxygens (including phenoxy) is 1. The number of carbonyl (C=O) groups is 1. The van der Waals surface area contributed by atoms with Gasteiger partial charge in [-0.1, -0.05) is 25.5 Å². The fourth-order valence-electron chi connectivity index (χ4n) is 1.33. The third kappa shape index (κ3) is 2.13. The van der Waals surface area contributed by atoms with Gasteiger partial charge in [0.05, 0.1) is 12.7 Å². The van der Waals surface area contributed by atoms with Gasteiger partial charge in [0.1, 0.15) is 5.75 Å². The summed E-state index contributed by atoms with van der Waals surface area (Å²) in [6, 6.07) is 5.65. The highest BCUT2D eigenvalue weighted by Gasteiger charge is 2.15. The molecule has 2 heteroatoms. The normalized spacial score (nSPS) is 10.4. The molecule has 2 nitrogen and oxygen atoms in total. The summed E-state index contributed by atoms with van der Waals surface area (Å²) in [7, 11) is 1.59. The second-order valence-corrected chi connectivity index (χ2v) is 3.72. The van der Waals surface area contributed by atoms with E-state index in [1.165, 1.54) is 0 Å². The molecule has 0 unspecified atom stereocenters. The second-order valence-electron chi connectivity index (χ2n) is 3.72. The number of carbonyl (C=O) groups excluding carboxylic acids is 1. The largest absolute Gasteiger partial charge is 0.496 e. The lowest BCUT2D eigenvalue weighted by atomic mass is 9.99. The highest BCUT2D eigenvalue weighted by molar-refractivity contribution is 6.00. The molecule has 0 atom stereocenters. The smallest absolute Gasteiger partial charge is 0.169 e. The molecular weight excluding hydrogens is 176 g/mol. The van der Waals surface area contributed by atoms with Gasteiger partial charge in [-0.15, -0.1) is 0 Å². The van der Waals surface area contributed by atoms with E-state index >= 15 is 0 Å². The minimum absolute atomic E-state index is 0.00528. The lowest BCUT2D eigenvalue weighted by Gasteiger charge is -2.10. The zero-order valence-corrected chi connectivity index (χ0v) is 9.13. The summed E-state index contributed by atoms with van der Waals surface area (Å²) in [6.45, 7) is 5.75. The maximum absolute atomic E-state index is 11.8. The molecule has 0 aromatic heterocycles. The Labute approximate surface area is 84.9 Å². The van der Waals surface area contributed by atoms with Crippen LogP contribution in [0.5, 0.6) is 5.75 Å². The molecule has 0 aliphatic heterocycles. The van der Waals surface area contributed by atoms with Gasteiger partial charge in [0, 0.05) is 5.92 Å². The summed E-state index contributed by atoms with van der Waals surface area (Å²) in [5, 5.41) is 0. The maximum atomic E-state index is 11.8. The Morgan fingerprint density at radius 3 is 2.50 bits per heavy atom. The van der Waals surface area contributed by atoms with Gasteiger partial charge in [-0.2, -0.15) is 0 Å². The van der Waals surface area contributed by atoms with Gasteiger partial charge in [-0.3, -0.25) is 4.79 Å². The Morgan fingerprint density at radius 1 is 1.36 bits per heavy atom. The van der Waals surface area contributed by atoms with Gasteiger partial charge in [0.15, 0.2) is 5.78 Å². The molecular formula is C12H16O2. The zero-order chi connectivity index (χ0) is 10.7. The van der Waals surface area contributed by atoms with Crippen molar-refractivity contribution in [1.29, 1.82) is 0 Å². The highest BCUT2D eigenvalue weighted by Crippen LogP contribution is 2.22. The van der Waals surface area contributed by atoms with E-state index in [2.05, 4.69) is 0 Å². The first kappa shape index (κ1) is 10.8. The summed E-state index contributed by atoms with van der Waals surface area (Å²) in [4.78, 5) is 11.8. The predicted octanol–water partition coefficient (Wildman–Crippen LogP) is 2.84. The molecule has 0 aliphatic carbocycles.